The molecule has 0 heterocycles. The Morgan fingerprint density at radius 3 is 2.40 bits per heavy atom. The third-order valence-corrected chi connectivity index (χ3v) is 3.98. The normalized spacial score (nSPS) is 11.3. The van der Waals surface area contributed by atoms with Crippen molar-refractivity contribution in [2.45, 2.75) is 18.4 Å². The molecule has 0 atom stereocenters. The van der Waals surface area contributed by atoms with E-state index in [0.29, 0.717) is 17.8 Å². The van der Waals surface area contributed by atoms with E-state index in [1.54, 1.807) is 43.3 Å². The van der Waals surface area contributed by atoms with Gasteiger partial charge in [0.25, 0.3) is 0 Å². The maximum Gasteiger partial charge on any atom is 0.238 e. The summed E-state index contributed by atoms with van der Waals surface area (Å²) in [4.78, 5) is 0.119. The molecule has 0 fully saturated rings. The zero-order valence-corrected chi connectivity index (χ0v) is 11.8. The number of nitrogens with one attached hydrogen (secondary N) is 1. The summed E-state index contributed by atoms with van der Waals surface area (Å²) < 4.78 is 22.9. The van der Waals surface area contributed by atoms with Crippen molar-refractivity contribution in [3.63, 3.8) is 0 Å². The number of hydrogen-bond acceptors (Lipinski definition) is 4. The average Bonchev–Trinajstić information content (AvgIpc) is 2.38. The van der Waals surface area contributed by atoms with E-state index in [-0.39, 0.29) is 10.6 Å². The van der Waals surface area contributed by atoms with Gasteiger partial charge in [0.05, 0.1) is 4.90 Å². The van der Waals surface area contributed by atoms with Gasteiger partial charge in [-0.3, -0.25) is 0 Å². The van der Waals surface area contributed by atoms with Crippen molar-refractivity contribution in [3.8, 4) is 5.75 Å². The number of aryl methyl sites for hydroxylation is 1. The fourth-order valence-corrected chi connectivity index (χ4v) is 2.64. The Morgan fingerprint density at radius 1 is 1.15 bits per heavy atom. The molecule has 0 saturated carbocycles. The van der Waals surface area contributed by atoms with Gasteiger partial charge in [-0.1, -0.05) is 18.2 Å². The lowest BCUT2D eigenvalue weighted by molar-refractivity contribution is 0.475. The Hall–Kier alpha value is -2.05. The van der Waals surface area contributed by atoms with E-state index < -0.39 is 10.0 Å². The molecule has 0 aliphatic rings. The first-order chi connectivity index (χ1) is 9.36. The molecular formula is C14H16N2O3S. The van der Waals surface area contributed by atoms with E-state index in [0.717, 1.165) is 5.56 Å². The van der Waals surface area contributed by atoms with Crippen LogP contribution in [-0.4, -0.2) is 13.5 Å². The van der Waals surface area contributed by atoms with Crippen LogP contribution in [0.3, 0.4) is 0 Å². The Balaban J connectivity index is 2.16. The number of phenols is 1. The van der Waals surface area contributed by atoms with Gasteiger partial charge in [-0.25, -0.2) is 13.6 Å². The molecule has 0 aromatic heterocycles. The van der Waals surface area contributed by atoms with E-state index in [9.17, 15) is 13.5 Å². The fourth-order valence-electron chi connectivity index (χ4n) is 1.83. The van der Waals surface area contributed by atoms with Crippen LogP contribution in [0.5, 0.6) is 5.75 Å². The van der Waals surface area contributed by atoms with Crippen molar-refractivity contribution in [1.29, 1.82) is 0 Å². The number of primary sulfonamides is 1. The smallest absolute Gasteiger partial charge is 0.238 e. The molecule has 106 valence electrons. The second-order valence-corrected chi connectivity index (χ2v) is 6.08. The van der Waals surface area contributed by atoms with Gasteiger partial charge in [-0.15, -0.1) is 0 Å². The van der Waals surface area contributed by atoms with Crippen LogP contribution in [0.1, 0.15) is 11.1 Å². The number of rotatable bonds is 4. The zero-order chi connectivity index (χ0) is 14.8. The molecule has 2 aromatic carbocycles. The lowest BCUT2D eigenvalue weighted by atomic mass is 10.2. The maximum absolute atomic E-state index is 11.4. The highest BCUT2D eigenvalue weighted by Crippen LogP contribution is 2.20. The van der Waals surface area contributed by atoms with E-state index in [4.69, 9.17) is 5.14 Å². The number of phenolic OH excluding ortho intramolecular Hbond substituents is 1. The predicted octanol–water partition coefficient (Wildman–Crippen LogP) is 1.96. The summed E-state index contributed by atoms with van der Waals surface area (Å²) in [5.41, 5.74) is 2.26. The van der Waals surface area contributed by atoms with Gasteiger partial charge < -0.3 is 10.4 Å². The summed E-state index contributed by atoms with van der Waals surface area (Å²) >= 11 is 0. The number of anilines is 1. The molecule has 6 heteroatoms. The SMILES string of the molecule is Cc1ccc(NCc2ccc(O)cc2)cc1S(N)(=O)=O. The first-order valence-electron chi connectivity index (χ1n) is 6.01. The average molecular weight is 292 g/mol. The second kappa shape index (κ2) is 5.52. The monoisotopic (exact) mass is 292 g/mol. The standard InChI is InChI=1S/C14H16N2O3S/c1-10-2-5-12(8-14(10)20(15,18)19)16-9-11-3-6-13(17)7-4-11/h2-8,16-17H,9H2,1H3,(H2,15,18,19). The van der Waals surface area contributed by atoms with Crippen molar-refractivity contribution in [3.05, 3.63) is 53.6 Å². The van der Waals surface area contributed by atoms with Gasteiger partial charge in [-0.2, -0.15) is 0 Å². The summed E-state index contributed by atoms with van der Waals surface area (Å²) in [6, 6.07) is 11.8. The van der Waals surface area contributed by atoms with Crippen molar-refractivity contribution >= 4 is 15.7 Å². The van der Waals surface area contributed by atoms with Gasteiger partial charge in [0.15, 0.2) is 0 Å². The highest BCUT2D eigenvalue weighted by molar-refractivity contribution is 7.89. The van der Waals surface area contributed by atoms with Crippen LogP contribution in [-0.2, 0) is 16.6 Å². The van der Waals surface area contributed by atoms with E-state index in [1.807, 2.05) is 0 Å². The summed E-state index contributed by atoms with van der Waals surface area (Å²) in [6.45, 7) is 2.22. The number of sulfonamides is 1. The minimum Gasteiger partial charge on any atom is -0.508 e. The number of aromatic hydroxyl groups is 1. The van der Waals surface area contributed by atoms with Crippen molar-refractivity contribution in [2.24, 2.45) is 5.14 Å². The van der Waals surface area contributed by atoms with E-state index >= 15 is 0 Å². The Kier molecular flexibility index (Phi) is 3.96. The molecule has 2 rings (SSSR count). The third kappa shape index (κ3) is 3.49. The zero-order valence-electron chi connectivity index (χ0n) is 11.0. The van der Waals surface area contributed by atoms with Crippen LogP contribution in [0.25, 0.3) is 0 Å². The van der Waals surface area contributed by atoms with Crippen LogP contribution in [0.15, 0.2) is 47.4 Å². The quantitative estimate of drug-likeness (QED) is 0.803. The highest BCUT2D eigenvalue weighted by Gasteiger charge is 2.11. The summed E-state index contributed by atoms with van der Waals surface area (Å²) in [7, 11) is -3.72. The first-order valence-corrected chi connectivity index (χ1v) is 7.56. The van der Waals surface area contributed by atoms with Crippen molar-refractivity contribution < 1.29 is 13.5 Å². The fraction of sp³-hybridized carbons (Fsp3) is 0.143. The molecule has 0 amide bonds. The Labute approximate surface area is 118 Å². The predicted molar refractivity (Wildman–Crippen MR) is 78.0 cm³/mol. The van der Waals surface area contributed by atoms with Crippen LogP contribution in [0, 0.1) is 6.92 Å². The maximum atomic E-state index is 11.4. The van der Waals surface area contributed by atoms with Crippen LogP contribution in [0.4, 0.5) is 5.69 Å². The molecule has 0 unspecified atom stereocenters. The summed E-state index contributed by atoms with van der Waals surface area (Å²) in [5, 5.41) is 17.5. The van der Waals surface area contributed by atoms with Gasteiger partial charge >= 0.3 is 0 Å². The number of nitrogens with two attached hydrogens (primary N) is 1. The molecule has 0 spiro atoms. The van der Waals surface area contributed by atoms with E-state index in [2.05, 4.69) is 5.32 Å². The molecule has 20 heavy (non-hydrogen) atoms. The minimum absolute atomic E-state index is 0.119. The molecule has 4 N–H and O–H groups in total. The molecule has 0 aliphatic heterocycles. The minimum atomic E-state index is -3.72. The van der Waals surface area contributed by atoms with E-state index in [1.165, 1.54) is 6.07 Å². The molecule has 5 nitrogen and oxygen atoms in total. The lowest BCUT2D eigenvalue weighted by Crippen LogP contribution is -2.14. The molecule has 0 bridgehead atoms. The molecule has 0 radical (unpaired) electrons. The Bertz CT molecular complexity index is 710. The third-order valence-electron chi connectivity index (χ3n) is 2.93. The van der Waals surface area contributed by atoms with Crippen molar-refractivity contribution in [1.82, 2.24) is 0 Å². The van der Waals surface area contributed by atoms with Gasteiger partial charge in [0.2, 0.25) is 10.0 Å². The number of benzene rings is 2. The lowest BCUT2D eigenvalue weighted by Gasteiger charge is -2.10. The second-order valence-electron chi connectivity index (χ2n) is 4.55. The molecule has 0 aliphatic carbocycles. The molecular weight excluding hydrogens is 276 g/mol. The van der Waals surface area contributed by atoms with Crippen LogP contribution < -0.4 is 10.5 Å². The van der Waals surface area contributed by atoms with Crippen molar-refractivity contribution in [2.75, 3.05) is 5.32 Å². The molecule has 0 saturated heterocycles. The van der Waals surface area contributed by atoms with Crippen LogP contribution in [0.2, 0.25) is 0 Å². The largest absolute Gasteiger partial charge is 0.508 e. The topological polar surface area (TPSA) is 92.4 Å². The summed E-state index contributed by atoms with van der Waals surface area (Å²) in [6.07, 6.45) is 0. The van der Waals surface area contributed by atoms with Crippen LogP contribution >= 0.6 is 0 Å². The van der Waals surface area contributed by atoms with Gasteiger partial charge in [0.1, 0.15) is 5.75 Å². The number of hydrogen-bond donors (Lipinski definition) is 3. The first kappa shape index (κ1) is 14.4. The highest BCUT2D eigenvalue weighted by atomic mass is 32.2. The Morgan fingerprint density at radius 2 is 1.80 bits per heavy atom. The summed E-state index contributed by atoms with van der Waals surface area (Å²) in [5.74, 6) is 0.209. The van der Waals surface area contributed by atoms with Gasteiger partial charge in [0, 0.05) is 12.2 Å². The van der Waals surface area contributed by atoms with Gasteiger partial charge in [-0.05, 0) is 42.3 Å². The molecule has 2 aromatic rings.